The summed E-state index contributed by atoms with van der Waals surface area (Å²) < 4.78 is 5.10. The van der Waals surface area contributed by atoms with Gasteiger partial charge in [0, 0.05) is 12.1 Å². The first-order valence-electron chi connectivity index (χ1n) is 6.20. The number of carbonyl (C=O) groups excluding carboxylic acids is 2. The molecule has 0 aliphatic rings. The Labute approximate surface area is 123 Å². The van der Waals surface area contributed by atoms with Crippen LogP contribution in [0.4, 0.5) is 4.79 Å². The van der Waals surface area contributed by atoms with Gasteiger partial charge in [0.2, 0.25) is 0 Å². The van der Waals surface area contributed by atoms with Crippen LogP contribution in [0.15, 0.2) is 24.3 Å². The molecular formula is C15H18ClNO3. The molecule has 0 saturated heterocycles. The van der Waals surface area contributed by atoms with E-state index in [1.165, 1.54) is 0 Å². The van der Waals surface area contributed by atoms with Crippen LogP contribution in [0, 0.1) is 0 Å². The van der Waals surface area contributed by atoms with Gasteiger partial charge in [-0.15, -0.1) is 0 Å². The second kappa shape index (κ2) is 7.10. The number of hydrogen-bond donors (Lipinski definition) is 1. The summed E-state index contributed by atoms with van der Waals surface area (Å²) in [5.41, 5.74) is 0.800. The molecule has 1 rings (SSSR count). The fourth-order valence-electron chi connectivity index (χ4n) is 1.39. The van der Waals surface area contributed by atoms with Crippen molar-refractivity contribution >= 4 is 30.1 Å². The summed E-state index contributed by atoms with van der Waals surface area (Å²) in [4.78, 5) is 22.0. The monoisotopic (exact) mass is 295 g/mol. The summed E-state index contributed by atoms with van der Waals surface area (Å²) >= 11 is 5.91. The van der Waals surface area contributed by atoms with E-state index in [0.717, 1.165) is 5.56 Å². The van der Waals surface area contributed by atoms with Gasteiger partial charge in [-0.25, -0.2) is 4.79 Å². The van der Waals surface area contributed by atoms with Crippen molar-refractivity contribution in [3.63, 3.8) is 0 Å². The van der Waals surface area contributed by atoms with Gasteiger partial charge in [0.25, 0.3) is 0 Å². The molecule has 0 fully saturated rings. The Morgan fingerprint density at radius 3 is 2.65 bits per heavy atom. The lowest BCUT2D eigenvalue weighted by atomic mass is 10.1. The van der Waals surface area contributed by atoms with Gasteiger partial charge in [0.1, 0.15) is 5.60 Å². The highest BCUT2D eigenvalue weighted by molar-refractivity contribution is 6.33. The topological polar surface area (TPSA) is 55.4 Å². The van der Waals surface area contributed by atoms with Crippen LogP contribution in [0.5, 0.6) is 0 Å². The quantitative estimate of drug-likeness (QED) is 0.862. The molecule has 0 saturated carbocycles. The van der Waals surface area contributed by atoms with Gasteiger partial charge in [0.15, 0.2) is 6.29 Å². The van der Waals surface area contributed by atoms with Crippen molar-refractivity contribution in [3.05, 3.63) is 40.4 Å². The minimum Gasteiger partial charge on any atom is -0.444 e. The lowest BCUT2D eigenvalue weighted by Gasteiger charge is -2.19. The summed E-state index contributed by atoms with van der Waals surface area (Å²) in [6, 6.07) is 5.12. The van der Waals surface area contributed by atoms with Crippen molar-refractivity contribution in [2.45, 2.75) is 26.4 Å². The molecule has 0 heterocycles. The predicted molar refractivity (Wildman–Crippen MR) is 80.1 cm³/mol. The van der Waals surface area contributed by atoms with E-state index in [1.54, 1.807) is 51.1 Å². The number of alkyl carbamates (subject to hydrolysis) is 1. The van der Waals surface area contributed by atoms with Crippen LogP contribution in [0.3, 0.4) is 0 Å². The van der Waals surface area contributed by atoms with Gasteiger partial charge >= 0.3 is 6.09 Å². The summed E-state index contributed by atoms with van der Waals surface area (Å²) in [5.74, 6) is 0. The third-order valence-electron chi connectivity index (χ3n) is 2.22. The number of nitrogens with one attached hydrogen (secondary N) is 1. The highest BCUT2D eigenvalue weighted by atomic mass is 35.5. The average Bonchev–Trinajstić information content (AvgIpc) is 2.33. The third-order valence-corrected chi connectivity index (χ3v) is 2.55. The molecule has 108 valence electrons. The first kappa shape index (κ1) is 16.2. The van der Waals surface area contributed by atoms with E-state index in [0.29, 0.717) is 23.4 Å². The van der Waals surface area contributed by atoms with Crippen LogP contribution in [0.25, 0.3) is 6.08 Å². The molecule has 0 radical (unpaired) electrons. The number of hydrogen-bond acceptors (Lipinski definition) is 3. The van der Waals surface area contributed by atoms with E-state index in [2.05, 4.69) is 5.32 Å². The maximum Gasteiger partial charge on any atom is 0.407 e. The molecule has 1 N–H and O–H groups in total. The van der Waals surface area contributed by atoms with Crippen LogP contribution in [0.2, 0.25) is 5.02 Å². The molecule has 5 heteroatoms. The molecule has 1 amide bonds. The van der Waals surface area contributed by atoms with Gasteiger partial charge < -0.3 is 10.1 Å². The summed E-state index contributed by atoms with van der Waals surface area (Å²) in [7, 11) is 0. The van der Waals surface area contributed by atoms with Crippen LogP contribution in [0.1, 0.15) is 36.7 Å². The number of aldehydes is 1. The second-order valence-electron chi connectivity index (χ2n) is 5.18. The second-order valence-corrected chi connectivity index (χ2v) is 5.59. The SMILES string of the molecule is CC(C)(C)OC(=O)NCC=Cc1ccc(C=O)c(Cl)c1. The molecule has 4 nitrogen and oxygen atoms in total. The Bertz CT molecular complexity index is 518. The molecule has 0 unspecified atom stereocenters. The van der Waals surface area contributed by atoms with Crippen molar-refractivity contribution in [2.75, 3.05) is 6.54 Å². The molecule has 0 aromatic heterocycles. The minimum atomic E-state index is -0.508. The Morgan fingerprint density at radius 2 is 2.10 bits per heavy atom. The van der Waals surface area contributed by atoms with Gasteiger partial charge in [0.05, 0.1) is 5.02 Å². The van der Waals surface area contributed by atoms with E-state index in [9.17, 15) is 9.59 Å². The van der Waals surface area contributed by atoms with Crippen LogP contribution >= 0.6 is 11.6 Å². The Hall–Kier alpha value is -1.81. The largest absolute Gasteiger partial charge is 0.444 e. The molecule has 1 aromatic rings. The fourth-order valence-corrected chi connectivity index (χ4v) is 1.63. The van der Waals surface area contributed by atoms with Crippen molar-refractivity contribution in [2.24, 2.45) is 0 Å². The number of benzene rings is 1. The predicted octanol–water partition coefficient (Wildman–Crippen LogP) is 3.69. The van der Waals surface area contributed by atoms with E-state index in [1.807, 2.05) is 0 Å². The average molecular weight is 296 g/mol. The number of ether oxygens (including phenoxy) is 1. The zero-order valence-corrected chi connectivity index (χ0v) is 12.5. The maximum absolute atomic E-state index is 11.4. The number of halogens is 1. The first-order chi connectivity index (χ1) is 9.31. The van der Waals surface area contributed by atoms with Gasteiger partial charge in [-0.2, -0.15) is 0 Å². The van der Waals surface area contributed by atoms with Crippen LogP contribution in [-0.4, -0.2) is 24.5 Å². The normalized spacial score (nSPS) is 11.4. The molecule has 1 aromatic carbocycles. The lowest BCUT2D eigenvalue weighted by molar-refractivity contribution is 0.0534. The first-order valence-corrected chi connectivity index (χ1v) is 6.58. The smallest absolute Gasteiger partial charge is 0.407 e. The standard InChI is InChI=1S/C15H18ClNO3/c1-15(2,3)20-14(19)17-8-4-5-11-6-7-12(10-18)13(16)9-11/h4-7,9-10H,8H2,1-3H3,(H,17,19). The van der Waals surface area contributed by atoms with E-state index < -0.39 is 11.7 Å². The lowest BCUT2D eigenvalue weighted by Crippen LogP contribution is -2.32. The molecule has 0 aliphatic heterocycles. The van der Waals surface area contributed by atoms with Crippen molar-refractivity contribution in [1.29, 1.82) is 0 Å². The number of amides is 1. The van der Waals surface area contributed by atoms with Crippen LogP contribution < -0.4 is 5.32 Å². The van der Waals surface area contributed by atoms with E-state index in [-0.39, 0.29) is 0 Å². The molecule has 0 atom stereocenters. The van der Waals surface area contributed by atoms with Crippen molar-refractivity contribution < 1.29 is 14.3 Å². The van der Waals surface area contributed by atoms with E-state index in [4.69, 9.17) is 16.3 Å². The highest BCUT2D eigenvalue weighted by Gasteiger charge is 2.14. The summed E-state index contributed by atoms with van der Waals surface area (Å²) in [6.45, 7) is 5.76. The molecular weight excluding hydrogens is 278 g/mol. The van der Waals surface area contributed by atoms with Crippen molar-refractivity contribution in [3.8, 4) is 0 Å². The Kier molecular flexibility index (Phi) is 5.77. The molecule has 0 bridgehead atoms. The van der Waals surface area contributed by atoms with Gasteiger partial charge in [-0.05, 0) is 38.5 Å². The van der Waals surface area contributed by atoms with Crippen molar-refractivity contribution in [1.82, 2.24) is 5.32 Å². The summed E-state index contributed by atoms with van der Waals surface area (Å²) in [6.07, 6.45) is 3.82. The third kappa shape index (κ3) is 5.89. The molecule has 0 aliphatic carbocycles. The van der Waals surface area contributed by atoms with Gasteiger partial charge in [-0.1, -0.05) is 29.8 Å². The summed E-state index contributed by atoms with van der Waals surface area (Å²) in [5, 5.41) is 3.01. The molecule has 0 spiro atoms. The van der Waals surface area contributed by atoms with E-state index >= 15 is 0 Å². The Balaban J connectivity index is 2.47. The molecule has 20 heavy (non-hydrogen) atoms. The Morgan fingerprint density at radius 1 is 1.40 bits per heavy atom. The van der Waals surface area contributed by atoms with Gasteiger partial charge in [-0.3, -0.25) is 4.79 Å². The van der Waals surface area contributed by atoms with Crippen LogP contribution in [-0.2, 0) is 4.74 Å². The minimum absolute atomic E-state index is 0.349. The zero-order chi connectivity index (χ0) is 15.2. The zero-order valence-electron chi connectivity index (χ0n) is 11.8. The fraction of sp³-hybridized carbons (Fsp3) is 0.333. The maximum atomic E-state index is 11.4. The number of rotatable bonds is 4. The number of carbonyl (C=O) groups is 2. The highest BCUT2D eigenvalue weighted by Crippen LogP contribution is 2.16.